The zero-order chi connectivity index (χ0) is 22.6. The second-order valence-electron chi connectivity index (χ2n) is 6.52. The second-order valence-corrected chi connectivity index (χ2v) is 7.52. The van der Waals surface area contributed by atoms with Crippen LogP contribution in [0.3, 0.4) is 0 Å². The fourth-order valence-corrected chi connectivity index (χ4v) is 3.69. The predicted octanol–water partition coefficient (Wildman–Crippen LogP) is 4.97. The van der Waals surface area contributed by atoms with Crippen molar-refractivity contribution in [2.75, 3.05) is 24.4 Å². The van der Waals surface area contributed by atoms with Gasteiger partial charge in [-0.25, -0.2) is 4.98 Å². The molecule has 0 aliphatic rings. The second kappa shape index (κ2) is 9.27. The van der Waals surface area contributed by atoms with Crippen molar-refractivity contribution in [2.24, 2.45) is 0 Å². The number of nitrogens with zero attached hydrogens (tertiary/aromatic N) is 1. The van der Waals surface area contributed by atoms with Crippen LogP contribution in [0.1, 0.15) is 20.9 Å². The molecule has 3 aromatic rings. The summed E-state index contributed by atoms with van der Waals surface area (Å²) in [5, 5.41) is 5.82. The van der Waals surface area contributed by atoms with E-state index in [1.807, 2.05) is 0 Å². The lowest BCUT2D eigenvalue weighted by atomic mass is 10.1. The number of aryl methyl sites for hydroxylation is 1. The van der Waals surface area contributed by atoms with E-state index in [1.54, 1.807) is 31.2 Å². The van der Waals surface area contributed by atoms with Gasteiger partial charge in [-0.3, -0.25) is 9.59 Å². The van der Waals surface area contributed by atoms with Gasteiger partial charge in [0.2, 0.25) is 5.91 Å². The van der Waals surface area contributed by atoms with E-state index in [9.17, 15) is 22.8 Å². The van der Waals surface area contributed by atoms with E-state index in [4.69, 9.17) is 4.74 Å². The lowest BCUT2D eigenvalue weighted by Gasteiger charge is -2.08. The number of benzene rings is 2. The highest BCUT2D eigenvalue weighted by atomic mass is 32.1. The van der Waals surface area contributed by atoms with Crippen LogP contribution in [0.15, 0.2) is 48.5 Å². The number of nitrogens with one attached hydrogen (secondary N) is 2. The van der Waals surface area contributed by atoms with E-state index in [2.05, 4.69) is 15.6 Å². The fraction of sp³-hybridized carbons (Fsp3) is 0.190. The van der Waals surface area contributed by atoms with Gasteiger partial charge in [-0.15, -0.1) is 11.3 Å². The van der Waals surface area contributed by atoms with Crippen LogP contribution in [0.2, 0.25) is 0 Å². The molecule has 1 heterocycles. The Labute approximate surface area is 180 Å². The number of halogens is 3. The molecule has 0 spiro atoms. The fourth-order valence-electron chi connectivity index (χ4n) is 2.72. The third kappa shape index (κ3) is 5.68. The van der Waals surface area contributed by atoms with Crippen molar-refractivity contribution in [3.63, 3.8) is 0 Å². The highest BCUT2D eigenvalue weighted by molar-refractivity contribution is 7.17. The maximum absolute atomic E-state index is 12.7. The van der Waals surface area contributed by atoms with Crippen molar-refractivity contribution >= 4 is 34.5 Å². The molecular weight excluding hydrogens is 431 g/mol. The molecule has 10 heteroatoms. The lowest BCUT2D eigenvalue weighted by molar-refractivity contribution is -0.137. The Bertz CT molecular complexity index is 1100. The van der Waals surface area contributed by atoms with Gasteiger partial charge in [-0.05, 0) is 37.3 Å². The summed E-state index contributed by atoms with van der Waals surface area (Å²) in [5.41, 5.74) is 1.15. The summed E-state index contributed by atoms with van der Waals surface area (Å²) in [6, 6.07) is 11.2. The molecule has 1 aromatic heterocycles. The van der Waals surface area contributed by atoms with Crippen LogP contribution in [0.4, 0.5) is 24.5 Å². The molecule has 0 fully saturated rings. The van der Waals surface area contributed by atoms with Crippen molar-refractivity contribution in [3.05, 3.63) is 64.7 Å². The Balaban J connectivity index is 1.75. The van der Waals surface area contributed by atoms with E-state index < -0.39 is 17.6 Å². The van der Waals surface area contributed by atoms with Crippen LogP contribution in [0.5, 0.6) is 0 Å². The van der Waals surface area contributed by atoms with Crippen LogP contribution in [0, 0.1) is 6.92 Å². The van der Waals surface area contributed by atoms with Crippen LogP contribution in [0.25, 0.3) is 10.6 Å². The van der Waals surface area contributed by atoms with Gasteiger partial charge in [-0.1, -0.05) is 18.2 Å². The van der Waals surface area contributed by atoms with E-state index in [0.29, 0.717) is 32.5 Å². The number of hydrogen-bond donors (Lipinski definition) is 2. The Hall–Kier alpha value is -3.24. The van der Waals surface area contributed by atoms with Gasteiger partial charge in [0.05, 0.1) is 11.3 Å². The van der Waals surface area contributed by atoms with Crippen LogP contribution >= 0.6 is 11.3 Å². The van der Waals surface area contributed by atoms with E-state index in [-0.39, 0.29) is 12.5 Å². The van der Waals surface area contributed by atoms with E-state index >= 15 is 0 Å². The number of aromatic nitrogens is 1. The first-order valence-corrected chi connectivity index (χ1v) is 9.84. The number of carbonyl (C=O) groups excluding carboxylic acids is 2. The minimum atomic E-state index is -4.42. The Morgan fingerprint density at radius 2 is 1.71 bits per heavy atom. The lowest BCUT2D eigenvalue weighted by Crippen LogP contribution is -2.17. The van der Waals surface area contributed by atoms with Crippen molar-refractivity contribution < 1.29 is 27.5 Å². The molecule has 0 aliphatic carbocycles. The van der Waals surface area contributed by atoms with E-state index in [0.717, 1.165) is 23.5 Å². The summed E-state index contributed by atoms with van der Waals surface area (Å²) >= 11 is 1.08. The largest absolute Gasteiger partial charge is 0.416 e. The summed E-state index contributed by atoms with van der Waals surface area (Å²) in [7, 11) is 1.41. The number of ether oxygens (including phenoxy) is 1. The third-order valence-electron chi connectivity index (χ3n) is 4.14. The Morgan fingerprint density at radius 1 is 1.06 bits per heavy atom. The number of anilines is 2. The molecular formula is C21H18F3N3O3S. The van der Waals surface area contributed by atoms with Crippen molar-refractivity contribution in [1.29, 1.82) is 0 Å². The zero-order valence-corrected chi connectivity index (χ0v) is 17.4. The molecule has 2 amide bonds. The topological polar surface area (TPSA) is 80.3 Å². The predicted molar refractivity (Wildman–Crippen MR) is 112 cm³/mol. The van der Waals surface area contributed by atoms with Crippen LogP contribution in [-0.2, 0) is 15.7 Å². The maximum atomic E-state index is 12.7. The molecule has 0 aliphatic heterocycles. The summed E-state index contributed by atoms with van der Waals surface area (Å²) in [4.78, 5) is 29.0. The van der Waals surface area contributed by atoms with Crippen LogP contribution in [-0.4, -0.2) is 30.5 Å². The molecule has 0 atom stereocenters. The molecule has 162 valence electrons. The number of rotatable bonds is 6. The molecule has 0 bridgehead atoms. The summed E-state index contributed by atoms with van der Waals surface area (Å²) in [6.07, 6.45) is -4.42. The molecule has 3 rings (SSSR count). The number of thiazole rings is 1. The highest BCUT2D eigenvalue weighted by Gasteiger charge is 2.30. The van der Waals surface area contributed by atoms with Gasteiger partial charge in [0.25, 0.3) is 5.91 Å². The van der Waals surface area contributed by atoms with Crippen LogP contribution < -0.4 is 10.6 Å². The Kier molecular flexibility index (Phi) is 6.71. The first-order chi connectivity index (χ1) is 14.7. The molecule has 0 unspecified atom stereocenters. The number of alkyl halides is 3. The number of carbonyl (C=O) groups is 2. The maximum Gasteiger partial charge on any atom is 0.416 e. The molecule has 0 saturated heterocycles. The monoisotopic (exact) mass is 449 g/mol. The van der Waals surface area contributed by atoms with Gasteiger partial charge in [0, 0.05) is 24.0 Å². The van der Waals surface area contributed by atoms with Gasteiger partial charge in [0.1, 0.15) is 16.5 Å². The van der Waals surface area contributed by atoms with Crippen molar-refractivity contribution in [1.82, 2.24) is 4.98 Å². The number of methoxy groups -OCH3 is 1. The van der Waals surface area contributed by atoms with Gasteiger partial charge < -0.3 is 15.4 Å². The summed E-state index contributed by atoms with van der Waals surface area (Å²) < 4.78 is 43.0. The molecule has 0 radical (unpaired) electrons. The minimum Gasteiger partial charge on any atom is -0.375 e. The number of amides is 2. The van der Waals surface area contributed by atoms with Gasteiger partial charge in [0.15, 0.2) is 0 Å². The van der Waals surface area contributed by atoms with Gasteiger partial charge in [-0.2, -0.15) is 13.2 Å². The quantitative estimate of drug-likeness (QED) is 0.557. The van der Waals surface area contributed by atoms with Crippen molar-refractivity contribution in [3.8, 4) is 10.6 Å². The average Bonchev–Trinajstić information content (AvgIpc) is 3.10. The average molecular weight is 449 g/mol. The van der Waals surface area contributed by atoms with E-state index in [1.165, 1.54) is 19.2 Å². The molecule has 2 aromatic carbocycles. The molecule has 6 nitrogen and oxygen atoms in total. The third-order valence-corrected chi connectivity index (χ3v) is 5.35. The summed E-state index contributed by atoms with van der Waals surface area (Å²) in [6.45, 7) is 1.56. The standard InChI is InChI=1S/C21H18F3N3O3S/c1-12-18(31-20(25-12)13-6-8-14(9-7-13)21(22,23)24)19(29)27-16-5-3-4-15(10-16)26-17(28)11-30-2/h3-10H,11H2,1-2H3,(H,26,28)(H,27,29). The normalized spacial score (nSPS) is 11.3. The zero-order valence-electron chi connectivity index (χ0n) is 16.5. The smallest absolute Gasteiger partial charge is 0.375 e. The van der Waals surface area contributed by atoms with Crippen molar-refractivity contribution in [2.45, 2.75) is 13.1 Å². The first kappa shape index (κ1) is 22.4. The Morgan fingerprint density at radius 3 is 2.32 bits per heavy atom. The molecule has 0 saturated carbocycles. The minimum absolute atomic E-state index is 0.0939. The molecule has 2 N–H and O–H groups in total. The van der Waals surface area contributed by atoms with Gasteiger partial charge >= 0.3 is 6.18 Å². The molecule has 31 heavy (non-hydrogen) atoms. The SMILES string of the molecule is COCC(=O)Nc1cccc(NC(=O)c2sc(-c3ccc(C(F)(F)F)cc3)nc2C)c1. The first-order valence-electron chi connectivity index (χ1n) is 9.02. The summed E-state index contributed by atoms with van der Waals surface area (Å²) in [5.74, 6) is -0.737. The number of hydrogen-bond acceptors (Lipinski definition) is 5. The highest BCUT2D eigenvalue weighted by Crippen LogP contribution is 2.33.